The lowest BCUT2D eigenvalue weighted by Gasteiger charge is -2.18. The Morgan fingerprint density at radius 1 is 1.19 bits per heavy atom. The highest BCUT2D eigenvalue weighted by Crippen LogP contribution is 2.26. The van der Waals surface area contributed by atoms with Gasteiger partial charge in [-0.2, -0.15) is 0 Å². The zero-order chi connectivity index (χ0) is 20.0. The van der Waals surface area contributed by atoms with Crippen LogP contribution < -0.4 is 15.4 Å². The molecule has 0 spiro atoms. The van der Waals surface area contributed by atoms with Gasteiger partial charge in [0.2, 0.25) is 0 Å². The minimum absolute atomic E-state index is 0.169. The first kappa shape index (κ1) is 19.9. The van der Waals surface area contributed by atoms with Crippen LogP contribution in [0.3, 0.4) is 0 Å². The first-order valence-electron chi connectivity index (χ1n) is 8.41. The molecule has 8 nitrogen and oxygen atoms in total. The average molecular weight is 371 g/mol. The molecule has 8 heteroatoms. The van der Waals surface area contributed by atoms with Gasteiger partial charge >= 0.3 is 11.8 Å². The number of ether oxygens (including phenoxy) is 1. The standard InChI is InChI=1S/C19H21N3O5/c1-4-27-17-9-8-12(2)10-16(17)13(3)20-18(23)19(24)21-14-6-5-7-15(11-14)22(25)26/h5-11,13H,4H2,1-3H3,(H,20,23)(H,21,24). The van der Waals surface area contributed by atoms with Crippen LogP contribution >= 0.6 is 0 Å². The lowest BCUT2D eigenvalue weighted by Crippen LogP contribution is -2.37. The predicted octanol–water partition coefficient (Wildman–Crippen LogP) is 3.12. The SMILES string of the molecule is CCOc1ccc(C)cc1C(C)NC(=O)C(=O)Nc1cccc([N+](=O)[O-])c1. The van der Waals surface area contributed by atoms with Gasteiger partial charge in [-0.25, -0.2) is 0 Å². The number of nitrogens with zero attached hydrogens (tertiary/aromatic N) is 1. The predicted molar refractivity (Wildman–Crippen MR) is 101 cm³/mol. The van der Waals surface area contributed by atoms with Crippen molar-refractivity contribution in [1.29, 1.82) is 0 Å². The normalized spacial score (nSPS) is 11.4. The Kier molecular flexibility index (Phi) is 6.48. The van der Waals surface area contributed by atoms with Gasteiger partial charge in [0.25, 0.3) is 5.69 Å². The number of nitrogens with one attached hydrogen (secondary N) is 2. The van der Waals surface area contributed by atoms with E-state index in [4.69, 9.17) is 4.74 Å². The third-order valence-electron chi connectivity index (χ3n) is 3.80. The number of anilines is 1. The maximum atomic E-state index is 12.2. The summed E-state index contributed by atoms with van der Waals surface area (Å²) >= 11 is 0. The lowest BCUT2D eigenvalue weighted by atomic mass is 10.0. The quantitative estimate of drug-likeness (QED) is 0.460. The van der Waals surface area contributed by atoms with Gasteiger partial charge < -0.3 is 15.4 Å². The van der Waals surface area contributed by atoms with Gasteiger partial charge in [0.1, 0.15) is 5.75 Å². The van der Waals surface area contributed by atoms with Crippen LogP contribution in [-0.2, 0) is 9.59 Å². The zero-order valence-electron chi connectivity index (χ0n) is 15.3. The van der Waals surface area contributed by atoms with E-state index < -0.39 is 22.8 Å². The molecule has 2 rings (SSSR count). The van der Waals surface area contributed by atoms with E-state index in [2.05, 4.69) is 10.6 Å². The van der Waals surface area contributed by atoms with E-state index in [1.807, 2.05) is 32.0 Å². The molecule has 142 valence electrons. The second-order valence-electron chi connectivity index (χ2n) is 5.93. The minimum atomic E-state index is -0.909. The van der Waals surface area contributed by atoms with Crippen LogP contribution in [0.1, 0.15) is 31.0 Å². The molecule has 0 saturated carbocycles. The van der Waals surface area contributed by atoms with E-state index in [9.17, 15) is 19.7 Å². The van der Waals surface area contributed by atoms with Gasteiger partial charge in [0.05, 0.1) is 17.6 Å². The average Bonchev–Trinajstić information content (AvgIpc) is 2.63. The first-order valence-corrected chi connectivity index (χ1v) is 8.41. The van der Waals surface area contributed by atoms with Crippen molar-refractivity contribution in [2.45, 2.75) is 26.8 Å². The second-order valence-corrected chi connectivity index (χ2v) is 5.93. The summed E-state index contributed by atoms with van der Waals surface area (Å²) in [6.07, 6.45) is 0. The fraction of sp³-hybridized carbons (Fsp3) is 0.263. The highest BCUT2D eigenvalue weighted by molar-refractivity contribution is 6.39. The molecule has 2 aromatic carbocycles. The third kappa shape index (κ3) is 5.27. The Labute approximate surface area is 156 Å². The number of benzene rings is 2. The fourth-order valence-electron chi connectivity index (χ4n) is 2.52. The van der Waals surface area contributed by atoms with Crippen molar-refractivity contribution in [2.75, 3.05) is 11.9 Å². The van der Waals surface area contributed by atoms with E-state index in [1.165, 1.54) is 24.3 Å². The summed E-state index contributed by atoms with van der Waals surface area (Å²) < 4.78 is 5.57. The molecule has 0 aliphatic heterocycles. The summed E-state index contributed by atoms with van der Waals surface area (Å²) in [5, 5.41) is 15.8. The molecule has 0 aliphatic rings. The molecule has 0 aromatic heterocycles. The van der Waals surface area contributed by atoms with Crippen molar-refractivity contribution in [3.63, 3.8) is 0 Å². The molecule has 0 bridgehead atoms. The molecule has 0 fully saturated rings. The molecule has 0 radical (unpaired) electrons. The highest BCUT2D eigenvalue weighted by atomic mass is 16.6. The van der Waals surface area contributed by atoms with E-state index in [0.29, 0.717) is 12.4 Å². The number of carbonyl (C=O) groups excluding carboxylic acids is 2. The molecule has 2 N–H and O–H groups in total. The summed E-state index contributed by atoms with van der Waals surface area (Å²) in [5.74, 6) is -1.12. The molecule has 1 unspecified atom stereocenters. The van der Waals surface area contributed by atoms with Crippen LogP contribution in [0.5, 0.6) is 5.75 Å². The second kappa shape index (κ2) is 8.79. The van der Waals surface area contributed by atoms with Crippen LogP contribution in [-0.4, -0.2) is 23.3 Å². The Bertz CT molecular complexity index is 866. The number of nitro benzene ring substituents is 1. The van der Waals surface area contributed by atoms with Crippen LogP contribution in [0.15, 0.2) is 42.5 Å². The van der Waals surface area contributed by atoms with Crippen molar-refractivity contribution in [2.24, 2.45) is 0 Å². The smallest absolute Gasteiger partial charge is 0.313 e. The molecule has 27 heavy (non-hydrogen) atoms. The largest absolute Gasteiger partial charge is 0.494 e. The van der Waals surface area contributed by atoms with Crippen LogP contribution in [0.25, 0.3) is 0 Å². The van der Waals surface area contributed by atoms with Gasteiger partial charge in [0, 0.05) is 23.4 Å². The number of non-ortho nitro benzene ring substituents is 1. The van der Waals surface area contributed by atoms with Crippen molar-refractivity contribution in [3.05, 3.63) is 63.7 Å². The number of aryl methyl sites for hydroxylation is 1. The van der Waals surface area contributed by atoms with E-state index in [1.54, 1.807) is 6.92 Å². The van der Waals surface area contributed by atoms with E-state index >= 15 is 0 Å². The van der Waals surface area contributed by atoms with Crippen molar-refractivity contribution >= 4 is 23.2 Å². The van der Waals surface area contributed by atoms with Crippen molar-refractivity contribution in [1.82, 2.24) is 5.32 Å². The number of hydrogen-bond donors (Lipinski definition) is 2. The third-order valence-corrected chi connectivity index (χ3v) is 3.80. The zero-order valence-corrected chi connectivity index (χ0v) is 15.3. The number of rotatable bonds is 6. The molecule has 0 aliphatic carbocycles. The first-order chi connectivity index (χ1) is 12.8. The summed E-state index contributed by atoms with van der Waals surface area (Å²) in [6.45, 7) is 6.00. The van der Waals surface area contributed by atoms with Crippen LogP contribution in [0, 0.1) is 17.0 Å². The number of hydrogen-bond acceptors (Lipinski definition) is 5. The number of nitro groups is 1. The molecule has 1 atom stereocenters. The molecule has 2 aromatic rings. The summed E-state index contributed by atoms with van der Waals surface area (Å²) in [6, 6.07) is 10.5. The molecular weight excluding hydrogens is 350 g/mol. The lowest BCUT2D eigenvalue weighted by molar-refractivity contribution is -0.384. The van der Waals surface area contributed by atoms with Gasteiger partial charge in [-0.1, -0.05) is 23.8 Å². The van der Waals surface area contributed by atoms with Gasteiger partial charge in [-0.05, 0) is 32.9 Å². The van der Waals surface area contributed by atoms with E-state index in [-0.39, 0.29) is 11.4 Å². The number of amides is 2. The van der Waals surface area contributed by atoms with Crippen molar-refractivity contribution < 1.29 is 19.2 Å². The van der Waals surface area contributed by atoms with Crippen LogP contribution in [0.4, 0.5) is 11.4 Å². The Morgan fingerprint density at radius 2 is 1.93 bits per heavy atom. The number of carbonyl (C=O) groups is 2. The topological polar surface area (TPSA) is 111 Å². The summed E-state index contributed by atoms with van der Waals surface area (Å²) in [5.41, 5.74) is 1.74. The fourth-order valence-corrected chi connectivity index (χ4v) is 2.52. The summed E-state index contributed by atoms with van der Waals surface area (Å²) in [7, 11) is 0. The Morgan fingerprint density at radius 3 is 2.59 bits per heavy atom. The Hall–Kier alpha value is -3.42. The van der Waals surface area contributed by atoms with E-state index in [0.717, 1.165) is 11.1 Å². The maximum Gasteiger partial charge on any atom is 0.313 e. The molecule has 0 saturated heterocycles. The van der Waals surface area contributed by atoms with Gasteiger partial charge in [0.15, 0.2) is 0 Å². The van der Waals surface area contributed by atoms with Gasteiger partial charge in [-0.3, -0.25) is 19.7 Å². The molecule has 0 heterocycles. The molecular formula is C19H21N3O5. The Balaban J connectivity index is 2.08. The maximum absolute atomic E-state index is 12.2. The van der Waals surface area contributed by atoms with Crippen LogP contribution in [0.2, 0.25) is 0 Å². The summed E-state index contributed by atoms with van der Waals surface area (Å²) in [4.78, 5) is 34.5. The highest BCUT2D eigenvalue weighted by Gasteiger charge is 2.20. The molecule has 2 amide bonds. The van der Waals surface area contributed by atoms with Crippen molar-refractivity contribution in [3.8, 4) is 5.75 Å². The minimum Gasteiger partial charge on any atom is -0.494 e. The monoisotopic (exact) mass is 371 g/mol. The van der Waals surface area contributed by atoms with Gasteiger partial charge in [-0.15, -0.1) is 0 Å².